The fourth-order valence-electron chi connectivity index (χ4n) is 1.59. The van der Waals surface area contributed by atoms with Crippen molar-refractivity contribution < 1.29 is 14.7 Å². The van der Waals surface area contributed by atoms with Crippen molar-refractivity contribution >= 4 is 11.9 Å². The van der Waals surface area contributed by atoms with Gasteiger partial charge in [0.1, 0.15) is 11.5 Å². The molecule has 1 aromatic heterocycles. The van der Waals surface area contributed by atoms with Crippen molar-refractivity contribution in [2.24, 2.45) is 0 Å². The third kappa shape index (κ3) is 3.03. The normalized spacial score (nSPS) is 14.3. The summed E-state index contributed by atoms with van der Waals surface area (Å²) in [6.45, 7) is 0.178. The first-order valence-corrected chi connectivity index (χ1v) is 5.88. The van der Waals surface area contributed by atoms with E-state index >= 15 is 0 Å². The van der Waals surface area contributed by atoms with Crippen LogP contribution in [-0.2, 0) is 4.79 Å². The molecule has 1 saturated carbocycles. The van der Waals surface area contributed by atoms with E-state index < -0.39 is 5.97 Å². The van der Waals surface area contributed by atoms with Crippen molar-refractivity contribution in [1.29, 1.82) is 0 Å². The summed E-state index contributed by atoms with van der Waals surface area (Å²) in [5.41, 5.74) is 0.333. The van der Waals surface area contributed by atoms with Gasteiger partial charge in [0, 0.05) is 25.7 Å². The molecule has 1 fully saturated rings. The van der Waals surface area contributed by atoms with E-state index in [2.05, 4.69) is 9.97 Å². The minimum Gasteiger partial charge on any atom is -0.481 e. The second-order valence-electron chi connectivity index (χ2n) is 4.44. The van der Waals surface area contributed by atoms with Gasteiger partial charge in [-0.3, -0.25) is 9.59 Å². The number of amides is 1. The van der Waals surface area contributed by atoms with Gasteiger partial charge in [-0.2, -0.15) is 0 Å². The van der Waals surface area contributed by atoms with E-state index in [1.165, 1.54) is 4.90 Å². The van der Waals surface area contributed by atoms with Gasteiger partial charge in [0.2, 0.25) is 0 Å². The molecule has 1 heterocycles. The number of aliphatic carboxylic acids is 1. The minimum absolute atomic E-state index is 0.0667. The summed E-state index contributed by atoms with van der Waals surface area (Å²) in [5, 5.41) is 8.58. The molecule has 0 spiro atoms. The number of aromatic nitrogens is 2. The molecule has 6 heteroatoms. The smallest absolute Gasteiger partial charge is 0.305 e. The average molecular weight is 249 g/mol. The molecular formula is C12H15N3O3. The molecule has 6 nitrogen and oxygen atoms in total. The number of carbonyl (C=O) groups excluding carboxylic acids is 1. The van der Waals surface area contributed by atoms with E-state index in [-0.39, 0.29) is 18.9 Å². The first-order chi connectivity index (χ1) is 8.58. The fraction of sp³-hybridized carbons (Fsp3) is 0.500. The highest BCUT2D eigenvalue weighted by atomic mass is 16.4. The van der Waals surface area contributed by atoms with Crippen LogP contribution in [0, 0.1) is 0 Å². The van der Waals surface area contributed by atoms with Gasteiger partial charge in [-0.15, -0.1) is 0 Å². The Morgan fingerprint density at radius 2 is 2.22 bits per heavy atom. The van der Waals surface area contributed by atoms with Crippen LogP contribution in [0.3, 0.4) is 0 Å². The Morgan fingerprint density at radius 3 is 2.83 bits per heavy atom. The maximum absolute atomic E-state index is 12.0. The molecule has 1 N–H and O–H groups in total. The van der Waals surface area contributed by atoms with Crippen molar-refractivity contribution in [3.05, 3.63) is 23.8 Å². The molecule has 1 amide bonds. The third-order valence-corrected chi connectivity index (χ3v) is 2.84. The van der Waals surface area contributed by atoms with Gasteiger partial charge in [0.05, 0.1) is 6.42 Å². The van der Waals surface area contributed by atoms with Crippen LogP contribution in [0.2, 0.25) is 0 Å². The molecule has 1 aliphatic rings. The molecule has 2 rings (SSSR count). The van der Waals surface area contributed by atoms with Gasteiger partial charge in [-0.1, -0.05) is 0 Å². The zero-order valence-electron chi connectivity index (χ0n) is 10.2. The van der Waals surface area contributed by atoms with Crippen LogP contribution in [0.4, 0.5) is 0 Å². The predicted molar refractivity (Wildman–Crippen MR) is 63.2 cm³/mol. The Bertz CT molecular complexity index is 471. The lowest BCUT2D eigenvalue weighted by molar-refractivity contribution is -0.137. The van der Waals surface area contributed by atoms with Crippen LogP contribution < -0.4 is 0 Å². The molecule has 1 aromatic rings. The largest absolute Gasteiger partial charge is 0.481 e. The monoisotopic (exact) mass is 249 g/mol. The van der Waals surface area contributed by atoms with Crippen LogP contribution in [0.15, 0.2) is 12.3 Å². The lowest BCUT2D eigenvalue weighted by atomic mass is 10.3. The summed E-state index contributed by atoms with van der Waals surface area (Å²) in [6.07, 6.45) is 3.67. The van der Waals surface area contributed by atoms with Crippen LogP contribution in [0.1, 0.15) is 41.5 Å². The van der Waals surface area contributed by atoms with E-state index in [9.17, 15) is 9.59 Å². The zero-order chi connectivity index (χ0) is 13.1. The molecule has 96 valence electrons. The second-order valence-corrected chi connectivity index (χ2v) is 4.44. The molecular weight excluding hydrogens is 234 g/mol. The predicted octanol–water partition coefficient (Wildman–Crippen LogP) is 0.901. The molecule has 0 radical (unpaired) electrons. The Hall–Kier alpha value is -1.98. The quantitative estimate of drug-likeness (QED) is 0.838. The van der Waals surface area contributed by atoms with E-state index in [1.54, 1.807) is 19.3 Å². The molecule has 0 bridgehead atoms. The Kier molecular flexibility index (Phi) is 3.55. The summed E-state index contributed by atoms with van der Waals surface area (Å²) in [6, 6.07) is 1.56. The van der Waals surface area contributed by atoms with E-state index in [4.69, 9.17) is 5.11 Å². The van der Waals surface area contributed by atoms with E-state index in [0.717, 1.165) is 12.8 Å². The number of rotatable bonds is 5. The second kappa shape index (κ2) is 5.12. The lowest BCUT2D eigenvalue weighted by Gasteiger charge is -2.15. The number of carbonyl (C=O) groups is 2. The van der Waals surface area contributed by atoms with Crippen LogP contribution >= 0.6 is 0 Å². The van der Waals surface area contributed by atoms with E-state index in [0.29, 0.717) is 17.4 Å². The zero-order valence-corrected chi connectivity index (χ0v) is 10.2. The molecule has 18 heavy (non-hydrogen) atoms. The first kappa shape index (κ1) is 12.5. The van der Waals surface area contributed by atoms with Crippen molar-refractivity contribution in [2.75, 3.05) is 13.6 Å². The highest BCUT2D eigenvalue weighted by Gasteiger charge is 2.27. The summed E-state index contributed by atoms with van der Waals surface area (Å²) >= 11 is 0. The van der Waals surface area contributed by atoms with Gasteiger partial charge in [0.15, 0.2) is 0 Å². The van der Waals surface area contributed by atoms with Crippen molar-refractivity contribution in [3.63, 3.8) is 0 Å². The number of hydrogen-bond acceptors (Lipinski definition) is 4. The van der Waals surface area contributed by atoms with Crippen LogP contribution in [-0.4, -0.2) is 45.4 Å². The van der Waals surface area contributed by atoms with Crippen LogP contribution in [0.5, 0.6) is 0 Å². The maximum atomic E-state index is 12.0. The SMILES string of the molecule is CN(CCC(=O)O)C(=O)c1ccnc(C2CC2)n1. The highest BCUT2D eigenvalue weighted by Crippen LogP contribution is 2.37. The molecule has 0 unspecified atom stereocenters. The fourth-order valence-corrected chi connectivity index (χ4v) is 1.59. The molecule has 0 atom stereocenters. The molecule has 0 aromatic carbocycles. The van der Waals surface area contributed by atoms with Crippen molar-refractivity contribution in [2.45, 2.75) is 25.2 Å². The summed E-state index contributed by atoms with van der Waals surface area (Å²) in [4.78, 5) is 32.2. The standard InChI is InChI=1S/C12H15N3O3/c1-15(7-5-10(16)17)12(18)9-4-6-13-11(14-9)8-2-3-8/h4,6,8H,2-3,5,7H2,1H3,(H,16,17). The number of nitrogens with zero attached hydrogens (tertiary/aromatic N) is 3. The van der Waals surface area contributed by atoms with Crippen molar-refractivity contribution in [1.82, 2.24) is 14.9 Å². The highest BCUT2D eigenvalue weighted by molar-refractivity contribution is 5.92. The Balaban J connectivity index is 2.03. The van der Waals surface area contributed by atoms with Gasteiger partial charge in [0.25, 0.3) is 5.91 Å². The summed E-state index contributed by atoms with van der Waals surface area (Å²) in [7, 11) is 1.57. The molecule has 1 aliphatic carbocycles. The number of hydrogen-bond donors (Lipinski definition) is 1. The van der Waals surface area contributed by atoms with Gasteiger partial charge < -0.3 is 10.0 Å². The van der Waals surface area contributed by atoms with Crippen molar-refractivity contribution in [3.8, 4) is 0 Å². The lowest BCUT2D eigenvalue weighted by Crippen LogP contribution is -2.30. The minimum atomic E-state index is -0.920. The third-order valence-electron chi connectivity index (χ3n) is 2.84. The van der Waals surface area contributed by atoms with Gasteiger partial charge in [-0.05, 0) is 18.9 Å². The average Bonchev–Trinajstić information content (AvgIpc) is 3.19. The summed E-state index contributed by atoms with van der Waals surface area (Å²) < 4.78 is 0. The maximum Gasteiger partial charge on any atom is 0.305 e. The van der Waals surface area contributed by atoms with Gasteiger partial charge in [-0.25, -0.2) is 9.97 Å². The van der Waals surface area contributed by atoms with Gasteiger partial charge >= 0.3 is 5.97 Å². The Labute approximate surface area is 105 Å². The first-order valence-electron chi connectivity index (χ1n) is 5.88. The molecule has 0 saturated heterocycles. The number of carboxylic acid groups (broad SMARTS) is 1. The number of carboxylic acids is 1. The van der Waals surface area contributed by atoms with Crippen LogP contribution in [0.25, 0.3) is 0 Å². The topological polar surface area (TPSA) is 83.4 Å². The molecule has 0 aliphatic heterocycles. The summed E-state index contributed by atoms with van der Waals surface area (Å²) in [5.74, 6) is -0.0777. The Morgan fingerprint density at radius 1 is 1.50 bits per heavy atom. The van der Waals surface area contributed by atoms with E-state index in [1.807, 2.05) is 0 Å².